The number of nitrogens with one attached hydrogen (secondary N) is 2. The Kier molecular flexibility index (Phi) is 6.45. The second-order valence-electron chi connectivity index (χ2n) is 6.14. The van der Waals surface area contributed by atoms with Gasteiger partial charge in [-0.15, -0.1) is 0 Å². The van der Waals surface area contributed by atoms with Crippen LogP contribution in [0.25, 0.3) is 11.1 Å². The minimum Gasteiger partial charge on any atom is -0.483 e. The fourth-order valence-electron chi connectivity index (χ4n) is 2.60. The molecule has 0 aliphatic carbocycles. The number of hydrazine groups is 1. The van der Waals surface area contributed by atoms with Gasteiger partial charge in [0.25, 0.3) is 11.8 Å². The van der Waals surface area contributed by atoms with E-state index in [1.165, 1.54) is 0 Å². The standard InChI is InChI=1S/C22H19BrN2O3/c1-15-13-19(23)11-12-20(15)28-14-21(26)24-25-22(27)18-9-7-17(8-10-18)16-5-3-2-4-6-16/h2-13H,14H2,1H3,(H,24,26)(H,25,27). The number of halogens is 1. The molecule has 0 heterocycles. The lowest BCUT2D eigenvalue weighted by Gasteiger charge is -2.11. The normalized spacial score (nSPS) is 10.2. The molecule has 142 valence electrons. The van der Waals surface area contributed by atoms with E-state index in [9.17, 15) is 9.59 Å². The van der Waals surface area contributed by atoms with Gasteiger partial charge in [0.2, 0.25) is 0 Å². The van der Waals surface area contributed by atoms with Crippen LogP contribution in [0.3, 0.4) is 0 Å². The topological polar surface area (TPSA) is 67.4 Å². The zero-order chi connectivity index (χ0) is 19.9. The quantitative estimate of drug-likeness (QED) is 0.584. The Morgan fingerprint density at radius 2 is 1.57 bits per heavy atom. The summed E-state index contributed by atoms with van der Waals surface area (Å²) in [5.41, 5.74) is 8.19. The predicted octanol–water partition coefficient (Wildman–Crippen LogP) is 4.26. The first kappa shape index (κ1) is 19.6. The number of hydrogen-bond donors (Lipinski definition) is 2. The highest BCUT2D eigenvalue weighted by molar-refractivity contribution is 9.10. The lowest BCUT2D eigenvalue weighted by Crippen LogP contribution is -2.43. The van der Waals surface area contributed by atoms with Crippen molar-refractivity contribution in [1.29, 1.82) is 0 Å². The van der Waals surface area contributed by atoms with Gasteiger partial charge in [0, 0.05) is 10.0 Å². The molecule has 0 aromatic heterocycles. The third-order valence-electron chi connectivity index (χ3n) is 4.07. The largest absolute Gasteiger partial charge is 0.483 e. The van der Waals surface area contributed by atoms with Crippen LogP contribution in [0.5, 0.6) is 5.75 Å². The van der Waals surface area contributed by atoms with E-state index in [1.54, 1.807) is 18.2 Å². The van der Waals surface area contributed by atoms with Crippen molar-refractivity contribution in [2.75, 3.05) is 6.61 Å². The first-order valence-corrected chi connectivity index (χ1v) is 9.46. The van der Waals surface area contributed by atoms with Gasteiger partial charge in [0.15, 0.2) is 6.61 Å². The molecule has 5 nitrogen and oxygen atoms in total. The molecule has 6 heteroatoms. The van der Waals surface area contributed by atoms with Gasteiger partial charge in [-0.05, 0) is 53.9 Å². The van der Waals surface area contributed by atoms with Gasteiger partial charge in [-0.2, -0.15) is 0 Å². The van der Waals surface area contributed by atoms with Gasteiger partial charge >= 0.3 is 0 Å². The van der Waals surface area contributed by atoms with E-state index in [4.69, 9.17) is 4.74 Å². The molecule has 0 atom stereocenters. The maximum atomic E-state index is 12.2. The minimum absolute atomic E-state index is 0.199. The molecule has 2 N–H and O–H groups in total. The van der Waals surface area contributed by atoms with Gasteiger partial charge in [-0.25, -0.2) is 0 Å². The number of hydrogen-bond acceptors (Lipinski definition) is 3. The van der Waals surface area contributed by atoms with Crippen LogP contribution in [-0.4, -0.2) is 18.4 Å². The third-order valence-corrected chi connectivity index (χ3v) is 4.56. The number of carbonyl (C=O) groups is 2. The Morgan fingerprint density at radius 1 is 0.893 bits per heavy atom. The molecule has 0 saturated carbocycles. The van der Waals surface area contributed by atoms with Gasteiger partial charge < -0.3 is 4.74 Å². The fourth-order valence-corrected chi connectivity index (χ4v) is 3.07. The number of benzene rings is 3. The molecule has 2 amide bonds. The molecule has 0 saturated heterocycles. The highest BCUT2D eigenvalue weighted by Crippen LogP contribution is 2.22. The Labute approximate surface area is 171 Å². The molecule has 3 aromatic carbocycles. The highest BCUT2D eigenvalue weighted by atomic mass is 79.9. The second-order valence-corrected chi connectivity index (χ2v) is 7.06. The van der Waals surface area contributed by atoms with E-state index < -0.39 is 11.8 Å². The third kappa shape index (κ3) is 5.20. The van der Waals surface area contributed by atoms with Crippen molar-refractivity contribution < 1.29 is 14.3 Å². The second kappa shape index (κ2) is 9.19. The van der Waals surface area contributed by atoms with Crippen LogP contribution in [0.4, 0.5) is 0 Å². The van der Waals surface area contributed by atoms with Crippen molar-refractivity contribution in [2.24, 2.45) is 0 Å². The lowest BCUT2D eigenvalue weighted by molar-refractivity contribution is -0.123. The lowest BCUT2D eigenvalue weighted by atomic mass is 10.0. The zero-order valence-corrected chi connectivity index (χ0v) is 16.8. The Hall–Kier alpha value is -3.12. The van der Waals surface area contributed by atoms with Gasteiger partial charge in [-0.3, -0.25) is 20.4 Å². The van der Waals surface area contributed by atoms with Crippen LogP contribution >= 0.6 is 15.9 Å². The van der Waals surface area contributed by atoms with E-state index in [2.05, 4.69) is 26.8 Å². The Bertz CT molecular complexity index is 973. The van der Waals surface area contributed by atoms with E-state index in [0.717, 1.165) is 21.2 Å². The Morgan fingerprint density at radius 3 is 2.25 bits per heavy atom. The molecule has 0 spiro atoms. The SMILES string of the molecule is Cc1cc(Br)ccc1OCC(=O)NNC(=O)c1ccc(-c2ccccc2)cc1. The number of aryl methyl sites for hydroxylation is 1. The average molecular weight is 439 g/mol. The highest BCUT2D eigenvalue weighted by Gasteiger charge is 2.09. The number of rotatable bonds is 5. The van der Waals surface area contributed by atoms with E-state index in [1.807, 2.05) is 61.5 Å². The summed E-state index contributed by atoms with van der Waals surface area (Å²) in [5, 5.41) is 0. The summed E-state index contributed by atoms with van der Waals surface area (Å²) in [6.07, 6.45) is 0. The maximum absolute atomic E-state index is 12.2. The molecule has 0 aliphatic rings. The number of ether oxygens (including phenoxy) is 1. The van der Waals surface area contributed by atoms with Crippen LogP contribution in [0, 0.1) is 6.92 Å². The monoisotopic (exact) mass is 438 g/mol. The maximum Gasteiger partial charge on any atom is 0.276 e. The van der Waals surface area contributed by atoms with Crippen molar-refractivity contribution >= 4 is 27.7 Å². The predicted molar refractivity (Wildman–Crippen MR) is 112 cm³/mol. The first-order chi connectivity index (χ1) is 13.5. The molecule has 3 rings (SSSR count). The van der Waals surface area contributed by atoms with Crippen molar-refractivity contribution in [3.63, 3.8) is 0 Å². The van der Waals surface area contributed by atoms with Crippen LogP contribution in [0.1, 0.15) is 15.9 Å². The van der Waals surface area contributed by atoms with E-state index in [-0.39, 0.29) is 6.61 Å². The summed E-state index contributed by atoms with van der Waals surface area (Å²) in [5.74, 6) is -0.231. The van der Waals surface area contributed by atoms with Gasteiger partial charge in [0.1, 0.15) is 5.75 Å². The van der Waals surface area contributed by atoms with Crippen molar-refractivity contribution in [1.82, 2.24) is 10.9 Å². The summed E-state index contributed by atoms with van der Waals surface area (Å²) in [7, 11) is 0. The van der Waals surface area contributed by atoms with Crippen LogP contribution in [0.2, 0.25) is 0 Å². The average Bonchev–Trinajstić information content (AvgIpc) is 2.72. The smallest absolute Gasteiger partial charge is 0.276 e. The summed E-state index contributed by atoms with van der Waals surface area (Å²) < 4.78 is 6.41. The molecular weight excluding hydrogens is 420 g/mol. The Balaban J connectivity index is 1.50. The molecule has 0 unspecified atom stereocenters. The van der Waals surface area contributed by atoms with E-state index in [0.29, 0.717) is 11.3 Å². The molecule has 3 aromatic rings. The van der Waals surface area contributed by atoms with Gasteiger partial charge in [0.05, 0.1) is 0 Å². The van der Waals surface area contributed by atoms with E-state index >= 15 is 0 Å². The van der Waals surface area contributed by atoms with Crippen molar-refractivity contribution in [2.45, 2.75) is 6.92 Å². The summed E-state index contributed by atoms with van der Waals surface area (Å²) >= 11 is 3.37. The summed E-state index contributed by atoms with van der Waals surface area (Å²) in [6.45, 7) is 1.69. The number of carbonyl (C=O) groups excluding carboxylic acids is 2. The molecular formula is C22H19BrN2O3. The van der Waals surface area contributed by atoms with Crippen LogP contribution in [-0.2, 0) is 4.79 Å². The summed E-state index contributed by atoms with van der Waals surface area (Å²) in [6, 6.07) is 22.6. The zero-order valence-electron chi connectivity index (χ0n) is 15.2. The summed E-state index contributed by atoms with van der Waals surface area (Å²) in [4.78, 5) is 24.1. The molecule has 0 radical (unpaired) electrons. The molecule has 0 aliphatic heterocycles. The molecule has 0 bridgehead atoms. The van der Waals surface area contributed by atoms with Crippen molar-refractivity contribution in [3.8, 4) is 16.9 Å². The first-order valence-electron chi connectivity index (χ1n) is 8.66. The minimum atomic E-state index is -0.448. The molecule has 0 fully saturated rings. The molecule has 28 heavy (non-hydrogen) atoms. The number of amides is 2. The van der Waals surface area contributed by atoms with Crippen LogP contribution in [0.15, 0.2) is 77.3 Å². The fraction of sp³-hybridized carbons (Fsp3) is 0.0909. The van der Waals surface area contributed by atoms with Gasteiger partial charge in [-0.1, -0.05) is 58.4 Å². The van der Waals surface area contributed by atoms with Crippen molar-refractivity contribution in [3.05, 3.63) is 88.4 Å². The van der Waals surface area contributed by atoms with Crippen LogP contribution < -0.4 is 15.6 Å².